The Morgan fingerprint density at radius 1 is 1.11 bits per heavy atom. The second-order valence-electron chi connectivity index (χ2n) is 5.95. The van der Waals surface area contributed by atoms with Crippen LogP contribution in [0.4, 0.5) is 15.8 Å². The second-order valence-corrected chi connectivity index (χ2v) is 7.79. The van der Waals surface area contributed by atoms with E-state index < -0.39 is 5.91 Å². The third kappa shape index (κ3) is 3.42. The molecule has 0 unspecified atom stereocenters. The average molecular weight is 432 g/mol. The number of benzene rings is 2. The van der Waals surface area contributed by atoms with E-state index in [9.17, 15) is 9.18 Å². The molecule has 4 nitrogen and oxygen atoms in total. The highest BCUT2D eigenvalue weighted by molar-refractivity contribution is 7.21. The van der Waals surface area contributed by atoms with Crippen LogP contribution in [0.1, 0.15) is 9.67 Å². The van der Waals surface area contributed by atoms with Gasteiger partial charge in [0.05, 0.1) is 22.1 Å². The minimum absolute atomic E-state index is 0.296. The molecule has 4 aromatic rings. The molecule has 0 saturated heterocycles. The lowest BCUT2D eigenvalue weighted by molar-refractivity contribution is 0.103. The summed E-state index contributed by atoms with van der Waals surface area (Å²) in [6.45, 7) is 0. The summed E-state index contributed by atoms with van der Waals surface area (Å²) in [5.41, 5.74) is 7.70. The number of aromatic nitrogens is 1. The maximum atomic E-state index is 14.1. The fourth-order valence-electron chi connectivity index (χ4n) is 2.76. The van der Waals surface area contributed by atoms with E-state index in [0.29, 0.717) is 47.8 Å². The Morgan fingerprint density at radius 2 is 1.89 bits per heavy atom. The van der Waals surface area contributed by atoms with Crippen LogP contribution in [-0.2, 0) is 0 Å². The van der Waals surface area contributed by atoms with Crippen LogP contribution < -0.4 is 11.1 Å². The summed E-state index contributed by atoms with van der Waals surface area (Å²) < 4.78 is 14.1. The van der Waals surface area contributed by atoms with Crippen LogP contribution in [0.5, 0.6) is 0 Å². The first-order valence-electron chi connectivity index (χ1n) is 8.14. The van der Waals surface area contributed by atoms with Crippen molar-refractivity contribution in [2.45, 2.75) is 0 Å². The number of hydrogen-bond donors (Lipinski definition) is 2. The van der Waals surface area contributed by atoms with Gasteiger partial charge in [0.25, 0.3) is 5.91 Å². The molecule has 0 aliphatic rings. The van der Waals surface area contributed by atoms with Crippen molar-refractivity contribution in [3.63, 3.8) is 0 Å². The Labute approximate surface area is 173 Å². The van der Waals surface area contributed by atoms with Gasteiger partial charge in [-0.3, -0.25) is 4.79 Å². The number of hydrogen-bond acceptors (Lipinski definition) is 4. The molecule has 8 heteroatoms. The number of fused-ring (bicyclic) bond motifs is 1. The van der Waals surface area contributed by atoms with Crippen molar-refractivity contribution in [3.05, 3.63) is 75.3 Å². The van der Waals surface area contributed by atoms with Crippen LogP contribution in [0.25, 0.3) is 21.5 Å². The molecular weight excluding hydrogens is 420 g/mol. The number of nitrogen functional groups attached to an aromatic ring is 1. The molecule has 140 valence electrons. The zero-order valence-corrected chi connectivity index (χ0v) is 16.5. The van der Waals surface area contributed by atoms with Crippen molar-refractivity contribution in [1.82, 2.24) is 4.98 Å². The first-order valence-corrected chi connectivity index (χ1v) is 9.71. The van der Waals surface area contributed by atoms with Crippen LogP contribution in [0, 0.1) is 5.82 Å². The van der Waals surface area contributed by atoms with Crippen molar-refractivity contribution in [2.24, 2.45) is 0 Å². The van der Waals surface area contributed by atoms with Gasteiger partial charge in [0.1, 0.15) is 15.5 Å². The number of nitrogens with one attached hydrogen (secondary N) is 1. The molecule has 0 spiro atoms. The van der Waals surface area contributed by atoms with Gasteiger partial charge in [-0.25, -0.2) is 9.37 Å². The van der Waals surface area contributed by atoms with Crippen LogP contribution in [0.2, 0.25) is 10.0 Å². The Hall–Kier alpha value is -2.67. The summed E-state index contributed by atoms with van der Waals surface area (Å²) in [4.78, 5) is 18.0. The lowest BCUT2D eigenvalue weighted by Crippen LogP contribution is -2.12. The molecule has 0 radical (unpaired) electrons. The fourth-order valence-corrected chi connectivity index (χ4v) is 4.08. The highest BCUT2D eigenvalue weighted by Gasteiger charge is 2.19. The predicted molar refractivity (Wildman–Crippen MR) is 114 cm³/mol. The van der Waals surface area contributed by atoms with E-state index in [1.54, 1.807) is 48.5 Å². The Morgan fingerprint density at radius 3 is 2.68 bits per heavy atom. The molecule has 3 N–H and O–H groups in total. The summed E-state index contributed by atoms with van der Waals surface area (Å²) in [5.74, 6) is -0.787. The first-order chi connectivity index (χ1) is 13.4. The highest BCUT2D eigenvalue weighted by atomic mass is 35.5. The van der Waals surface area contributed by atoms with Crippen LogP contribution in [0.3, 0.4) is 0 Å². The molecule has 2 aromatic carbocycles. The summed E-state index contributed by atoms with van der Waals surface area (Å²) in [6.07, 6.45) is 0. The maximum absolute atomic E-state index is 14.1. The minimum atomic E-state index is -0.419. The van der Waals surface area contributed by atoms with Crippen molar-refractivity contribution in [3.8, 4) is 11.3 Å². The minimum Gasteiger partial charge on any atom is -0.397 e. The van der Waals surface area contributed by atoms with Gasteiger partial charge in [-0.2, -0.15) is 0 Å². The molecule has 28 heavy (non-hydrogen) atoms. The number of pyridine rings is 1. The van der Waals surface area contributed by atoms with Gasteiger partial charge in [0.2, 0.25) is 0 Å². The molecule has 4 rings (SSSR count). The number of nitrogens with zero attached hydrogens (tertiary/aromatic N) is 1. The molecule has 2 heterocycles. The van der Waals surface area contributed by atoms with Gasteiger partial charge in [-0.05, 0) is 42.5 Å². The molecule has 0 saturated carbocycles. The number of anilines is 2. The maximum Gasteiger partial charge on any atom is 0.267 e. The van der Waals surface area contributed by atoms with Crippen LogP contribution >= 0.6 is 34.5 Å². The summed E-state index contributed by atoms with van der Waals surface area (Å²) in [6, 6.07) is 14.6. The van der Waals surface area contributed by atoms with Gasteiger partial charge >= 0.3 is 0 Å². The molecule has 0 fully saturated rings. The van der Waals surface area contributed by atoms with Crippen LogP contribution in [-0.4, -0.2) is 10.9 Å². The fraction of sp³-hybridized carbons (Fsp3) is 0. The standard InChI is InChI=1S/C20H12Cl2FN3OS/c21-10-5-7-13(22)16(9-10)25-19(27)18-17(24)12-6-8-15(26-20(12)28-18)11-3-1-2-4-14(11)23/h1-9H,24H2,(H,25,27). The van der Waals surface area contributed by atoms with Gasteiger partial charge in [0.15, 0.2) is 0 Å². The van der Waals surface area contributed by atoms with Gasteiger partial charge < -0.3 is 11.1 Å². The zero-order chi connectivity index (χ0) is 19.8. The van der Waals surface area contributed by atoms with Crippen molar-refractivity contribution in [2.75, 3.05) is 11.1 Å². The highest BCUT2D eigenvalue weighted by Crippen LogP contribution is 2.35. The number of carbonyl (C=O) groups is 1. The number of thiophene rings is 1. The van der Waals surface area contributed by atoms with E-state index >= 15 is 0 Å². The molecule has 0 bridgehead atoms. The number of halogens is 3. The molecular formula is C20H12Cl2FN3OS. The SMILES string of the molecule is Nc1c(C(=O)Nc2cc(Cl)ccc2Cl)sc2nc(-c3ccccc3F)ccc12. The smallest absolute Gasteiger partial charge is 0.267 e. The zero-order valence-electron chi connectivity index (χ0n) is 14.2. The number of amides is 1. The number of rotatable bonds is 3. The van der Waals surface area contributed by atoms with Gasteiger partial charge in [0, 0.05) is 16.0 Å². The Bertz CT molecular complexity index is 1230. The second kappa shape index (κ2) is 7.39. The van der Waals surface area contributed by atoms with Gasteiger partial charge in [-0.1, -0.05) is 35.3 Å². The molecule has 0 aliphatic heterocycles. The predicted octanol–water partition coefficient (Wildman–Crippen LogP) is 6.24. The summed E-state index contributed by atoms with van der Waals surface area (Å²) in [5, 5.41) is 4.15. The average Bonchev–Trinajstić information content (AvgIpc) is 3.01. The van der Waals surface area contributed by atoms with Gasteiger partial charge in [-0.15, -0.1) is 11.3 Å². The first kappa shape index (κ1) is 18.7. The molecule has 1 amide bonds. The topological polar surface area (TPSA) is 68.0 Å². The Balaban J connectivity index is 1.72. The molecule has 0 aliphatic carbocycles. The quantitative estimate of drug-likeness (QED) is 0.403. The van der Waals surface area contributed by atoms with E-state index in [1.165, 1.54) is 6.07 Å². The number of nitrogens with two attached hydrogens (primary N) is 1. The molecule has 2 aromatic heterocycles. The third-order valence-corrected chi connectivity index (χ3v) is 5.81. The van der Waals surface area contributed by atoms with Crippen molar-refractivity contribution < 1.29 is 9.18 Å². The van der Waals surface area contributed by atoms with Crippen molar-refractivity contribution in [1.29, 1.82) is 0 Å². The largest absolute Gasteiger partial charge is 0.397 e. The summed E-state index contributed by atoms with van der Waals surface area (Å²) >= 11 is 13.2. The normalized spacial score (nSPS) is 11.0. The lowest BCUT2D eigenvalue weighted by atomic mass is 10.1. The van der Waals surface area contributed by atoms with E-state index in [1.807, 2.05) is 0 Å². The Kier molecular flexibility index (Phi) is 4.93. The van der Waals surface area contributed by atoms with E-state index in [-0.39, 0.29) is 5.82 Å². The summed E-state index contributed by atoms with van der Waals surface area (Å²) in [7, 11) is 0. The van der Waals surface area contributed by atoms with E-state index in [0.717, 1.165) is 11.3 Å². The van der Waals surface area contributed by atoms with Crippen molar-refractivity contribution >= 4 is 62.0 Å². The monoisotopic (exact) mass is 431 g/mol. The van der Waals surface area contributed by atoms with E-state index in [2.05, 4.69) is 10.3 Å². The third-order valence-electron chi connectivity index (χ3n) is 4.13. The molecule has 0 atom stereocenters. The van der Waals surface area contributed by atoms with Crippen LogP contribution in [0.15, 0.2) is 54.6 Å². The number of carbonyl (C=O) groups excluding carboxylic acids is 1. The van der Waals surface area contributed by atoms with E-state index in [4.69, 9.17) is 28.9 Å². The lowest BCUT2D eigenvalue weighted by Gasteiger charge is -2.07.